The molecule has 0 atom stereocenters. The molecule has 0 radical (unpaired) electrons. The van der Waals surface area contributed by atoms with Crippen molar-refractivity contribution in [1.82, 2.24) is 15.4 Å². The standard InChI is InChI=1S/C20H24ClN3O5S2/c1-4-29-17-7-5-13(11-18(17)31(26,27)24-20(30)22-2)9-10-23-19(25)15-12-14(21)6-8-16(15)28-3/h5-8,11-12H,4,9-10H2,1-3H3,(H,23,25)(H2,22,24,30). The van der Waals surface area contributed by atoms with Gasteiger partial charge in [0.15, 0.2) is 5.11 Å². The molecule has 2 rings (SSSR count). The molecule has 2 aromatic rings. The van der Waals surface area contributed by atoms with Gasteiger partial charge in [-0.15, -0.1) is 0 Å². The third-order valence-electron chi connectivity index (χ3n) is 4.16. The Bertz CT molecular complexity index is 1060. The predicted octanol–water partition coefficient (Wildman–Crippen LogP) is 2.50. The quantitative estimate of drug-likeness (QED) is 0.468. The number of carbonyl (C=O) groups is 1. The summed E-state index contributed by atoms with van der Waals surface area (Å²) in [6, 6.07) is 9.59. The van der Waals surface area contributed by atoms with E-state index in [1.54, 1.807) is 31.2 Å². The number of carbonyl (C=O) groups excluding carboxylic acids is 1. The predicted molar refractivity (Wildman–Crippen MR) is 124 cm³/mol. The maximum atomic E-state index is 12.7. The Kier molecular flexibility index (Phi) is 8.90. The molecule has 0 bridgehead atoms. The zero-order valence-corrected chi connectivity index (χ0v) is 19.7. The number of hydrogen-bond acceptors (Lipinski definition) is 6. The van der Waals surface area contributed by atoms with Gasteiger partial charge in [0.25, 0.3) is 15.9 Å². The van der Waals surface area contributed by atoms with Gasteiger partial charge in [-0.2, -0.15) is 0 Å². The Hall–Kier alpha value is -2.56. The van der Waals surface area contributed by atoms with E-state index in [0.717, 1.165) is 0 Å². The molecule has 0 spiro atoms. The fourth-order valence-corrected chi connectivity index (χ4v) is 4.35. The first-order chi connectivity index (χ1) is 14.7. The first-order valence-electron chi connectivity index (χ1n) is 9.33. The Morgan fingerprint density at radius 1 is 1.16 bits per heavy atom. The van der Waals surface area contributed by atoms with Crippen molar-refractivity contribution in [3.8, 4) is 11.5 Å². The first-order valence-corrected chi connectivity index (χ1v) is 11.6. The topological polar surface area (TPSA) is 106 Å². The molecule has 0 aliphatic heterocycles. The lowest BCUT2D eigenvalue weighted by atomic mass is 10.1. The van der Waals surface area contributed by atoms with Crippen molar-refractivity contribution in [2.45, 2.75) is 18.2 Å². The summed E-state index contributed by atoms with van der Waals surface area (Å²) in [6.45, 7) is 2.33. The first kappa shape index (κ1) is 24.7. The molecular weight excluding hydrogens is 462 g/mol. The molecule has 0 aromatic heterocycles. The van der Waals surface area contributed by atoms with Gasteiger partial charge in [-0.1, -0.05) is 17.7 Å². The number of benzene rings is 2. The van der Waals surface area contributed by atoms with Gasteiger partial charge in [-0.3, -0.25) is 9.52 Å². The fraction of sp³-hybridized carbons (Fsp3) is 0.300. The van der Waals surface area contributed by atoms with E-state index in [9.17, 15) is 13.2 Å². The van der Waals surface area contributed by atoms with Gasteiger partial charge >= 0.3 is 0 Å². The largest absolute Gasteiger partial charge is 0.496 e. The second-order valence-corrected chi connectivity index (χ2v) is 8.74. The summed E-state index contributed by atoms with van der Waals surface area (Å²) in [4.78, 5) is 12.5. The summed E-state index contributed by atoms with van der Waals surface area (Å²) < 4.78 is 38.3. The Labute approximate surface area is 192 Å². The maximum Gasteiger partial charge on any atom is 0.267 e. The minimum atomic E-state index is -3.94. The van der Waals surface area contributed by atoms with Crippen LogP contribution in [0.5, 0.6) is 11.5 Å². The van der Waals surface area contributed by atoms with Gasteiger partial charge in [-0.25, -0.2) is 8.42 Å². The maximum absolute atomic E-state index is 12.7. The molecule has 0 fully saturated rings. The Morgan fingerprint density at radius 3 is 2.52 bits per heavy atom. The highest BCUT2D eigenvalue weighted by atomic mass is 35.5. The number of amides is 1. The van der Waals surface area contributed by atoms with Crippen LogP contribution in [0.3, 0.4) is 0 Å². The van der Waals surface area contributed by atoms with Crippen molar-refractivity contribution in [3.05, 3.63) is 52.5 Å². The molecule has 11 heteroatoms. The van der Waals surface area contributed by atoms with Crippen molar-refractivity contribution in [3.63, 3.8) is 0 Å². The van der Waals surface area contributed by atoms with Crippen LogP contribution in [0.25, 0.3) is 0 Å². The van der Waals surface area contributed by atoms with E-state index in [1.807, 2.05) is 0 Å². The van der Waals surface area contributed by atoms with Gasteiger partial charge in [0.2, 0.25) is 0 Å². The molecular formula is C20H24ClN3O5S2. The second-order valence-electron chi connectivity index (χ2n) is 6.25. The van der Waals surface area contributed by atoms with Crippen LogP contribution in [0.1, 0.15) is 22.8 Å². The molecule has 1 amide bonds. The lowest BCUT2D eigenvalue weighted by Crippen LogP contribution is -2.37. The van der Waals surface area contributed by atoms with Crippen molar-refractivity contribution < 1.29 is 22.7 Å². The van der Waals surface area contributed by atoms with E-state index in [2.05, 4.69) is 15.4 Å². The SMILES string of the molecule is CCOc1ccc(CCNC(=O)c2cc(Cl)ccc2OC)cc1S(=O)(=O)NC(=S)NC. The number of halogens is 1. The van der Waals surface area contributed by atoms with E-state index >= 15 is 0 Å². The molecule has 3 N–H and O–H groups in total. The van der Waals surface area contributed by atoms with Gasteiger partial charge in [-0.05, 0) is 61.5 Å². The number of hydrogen-bond donors (Lipinski definition) is 3. The summed E-state index contributed by atoms with van der Waals surface area (Å²) in [6.07, 6.45) is 0.389. The van der Waals surface area contributed by atoms with Gasteiger partial charge in [0, 0.05) is 18.6 Å². The van der Waals surface area contributed by atoms with Crippen molar-refractivity contribution >= 4 is 44.9 Å². The van der Waals surface area contributed by atoms with Crippen LogP contribution in [0.4, 0.5) is 0 Å². The molecule has 0 aliphatic carbocycles. The minimum absolute atomic E-state index is 0.0319. The van der Waals surface area contributed by atoms with E-state index in [4.69, 9.17) is 33.3 Å². The van der Waals surface area contributed by atoms with Crippen LogP contribution >= 0.6 is 23.8 Å². The lowest BCUT2D eigenvalue weighted by molar-refractivity contribution is 0.0951. The van der Waals surface area contributed by atoms with E-state index in [0.29, 0.717) is 34.9 Å². The summed E-state index contributed by atoms with van der Waals surface area (Å²) in [7, 11) is -0.958. The van der Waals surface area contributed by atoms with Gasteiger partial charge in [0.05, 0.1) is 19.3 Å². The minimum Gasteiger partial charge on any atom is -0.496 e. The monoisotopic (exact) mass is 485 g/mol. The second kappa shape index (κ2) is 11.2. The molecule has 0 aliphatic rings. The summed E-state index contributed by atoms with van der Waals surface area (Å²) >= 11 is 10.9. The number of thiocarbonyl (C=S) groups is 1. The van der Waals surface area contributed by atoms with Crippen molar-refractivity contribution in [1.29, 1.82) is 0 Å². The normalized spacial score (nSPS) is 10.8. The molecule has 0 unspecified atom stereocenters. The van der Waals surface area contributed by atoms with Crippen molar-refractivity contribution in [2.24, 2.45) is 0 Å². The van der Waals surface area contributed by atoms with Crippen LogP contribution in [0, 0.1) is 0 Å². The highest BCUT2D eigenvalue weighted by Gasteiger charge is 2.21. The van der Waals surface area contributed by atoms with E-state index in [-0.39, 0.29) is 28.2 Å². The fourth-order valence-electron chi connectivity index (χ4n) is 2.69. The summed E-state index contributed by atoms with van der Waals surface area (Å²) in [5, 5.41) is 5.73. The summed E-state index contributed by atoms with van der Waals surface area (Å²) in [5.74, 6) is 0.271. The van der Waals surface area contributed by atoms with Crippen LogP contribution in [-0.4, -0.2) is 46.7 Å². The smallest absolute Gasteiger partial charge is 0.267 e. The molecule has 2 aromatic carbocycles. The molecule has 31 heavy (non-hydrogen) atoms. The molecule has 8 nitrogen and oxygen atoms in total. The van der Waals surface area contributed by atoms with Gasteiger partial charge < -0.3 is 20.1 Å². The van der Waals surface area contributed by atoms with Crippen LogP contribution in [0.2, 0.25) is 5.02 Å². The zero-order valence-electron chi connectivity index (χ0n) is 17.3. The molecule has 0 heterocycles. The third-order valence-corrected chi connectivity index (χ3v) is 6.20. The lowest BCUT2D eigenvalue weighted by Gasteiger charge is -2.15. The number of sulfonamides is 1. The van der Waals surface area contributed by atoms with E-state index < -0.39 is 10.0 Å². The third kappa shape index (κ3) is 6.71. The van der Waals surface area contributed by atoms with Gasteiger partial charge in [0.1, 0.15) is 16.4 Å². The van der Waals surface area contributed by atoms with Crippen molar-refractivity contribution in [2.75, 3.05) is 27.3 Å². The zero-order chi connectivity index (χ0) is 23.0. The van der Waals surface area contributed by atoms with Crippen LogP contribution in [-0.2, 0) is 16.4 Å². The number of methoxy groups -OCH3 is 1. The molecule has 0 saturated carbocycles. The molecule has 168 valence electrons. The highest BCUT2D eigenvalue weighted by molar-refractivity contribution is 7.92. The summed E-state index contributed by atoms with van der Waals surface area (Å²) in [5.41, 5.74) is 1.01. The number of ether oxygens (including phenoxy) is 2. The van der Waals surface area contributed by atoms with Crippen LogP contribution in [0.15, 0.2) is 41.3 Å². The Morgan fingerprint density at radius 2 is 1.87 bits per heavy atom. The Balaban J connectivity index is 2.16. The number of nitrogens with one attached hydrogen (secondary N) is 3. The average Bonchev–Trinajstić information content (AvgIpc) is 2.74. The number of rotatable bonds is 9. The molecule has 0 saturated heterocycles. The van der Waals surface area contributed by atoms with Crippen LogP contribution < -0.4 is 24.8 Å². The average molecular weight is 486 g/mol. The highest BCUT2D eigenvalue weighted by Crippen LogP contribution is 2.26. The van der Waals surface area contributed by atoms with E-state index in [1.165, 1.54) is 26.3 Å².